The highest BCUT2D eigenvalue weighted by atomic mass is 16.5. The number of nitrogens with zero attached hydrogens (tertiary/aromatic N) is 3. The summed E-state index contributed by atoms with van der Waals surface area (Å²) in [4.78, 5) is 18.8. The average molecular weight is 395 g/mol. The fraction of sp³-hybridized carbons (Fsp3) is 0.318. The van der Waals surface area contributed by atoms with E-state index >= 15 is 0 Å². The third kappa shape index (κ3) is 5.34. The minimum Gasteiger partial charge on any atom is -0.497 e. The van der Waals surface area contributed by atoms with Gasteiger partial charge in [-0.3, -0.25) is 4.79 Å². The van der Waals surface area contributed by atoms with Gasteiger partial charge in [-0.15, -0.1) is 0 Å². The number of aromatic nitrogens is 2. The Hall–Kier alpha value is -3.35. The molecule has 0 unspecified atom stereocenters. The van der Waals surface area contributed by atoms with E-state index in [9.17, 15) is 4.79 Å². The van der Waals surface area contributed by atoms with Crippen molar-refractivity contribution in [3.63, 3.8) is 0 Å². The van der Waals surface area contributed by atoms with Crippen LogP contribution in [0.1, 0.15) is 25.3 Å². The first kappa shape index (κ1) is 20.4. The number of hydrogen-bond acceptors (Lipinski definition) is 6. The van der Waals surface area contributed by atoms with Crippen molar-refractivity contribution in [2.45, 2.75) is 33.4 Å². The molecule has 0 atom stereocenters. The predicted molar refractivity (Wildman–Crippen MR) is 109 cm³/mol. The lowest BCUT2D eigenvalue weighted by atomic mass is 10.1. The van der Waals surface area contributed by atoms with Gasteiger partial charge in [0.15, 0.2) is 6.61 Å². The summed E-state index contributed by atoms with van der Waals surface area (Å²) in [5.41, 5.74) is 1.99. The number of rotatable bonds is 8. The number of benzene rings is 2. The lowest BCUT2D eigenvalue weighted by molar-refractivity contribution is -0.136. The Labute approximate surface area is 170 Å². The highest BCUT2D eigenvalue weighted by Gasteiger charge is 2.21. The molecule has 0 fully saturated rings. The first-order chi connectivity index (χ1) is 14.0. The summed E-state index contributed by atoms with van der Waals surface area (Å²) in [5, 5.41) is 4.04. The Morgan fingerprint density at radius 1 is 1.14 bits per heavy atom. The molecule has 0 N–H and O–H groups in total. The average Bonchev–Trinajstić information content (AvgIpc) is 3.19. The number of ether oxygens (including phenoxy) is 2. The van der Waals surface area contributed by atoms with Crippen LogP contribution in [0.4, 0.5) is 0 Å². The Morgan fingerprint density at radius 3 is 2.52 bits per heavy atom. The monoisotopic (exact) mass is 395 g/mol. The van der Waals surface area contributed by atoms with E-state index in [1.165, 1.54) is 0 Å². The Bertz CT molecular complexity index is 951. The maximum Gasteiger partial charge on any atom is 0.261 e. The van der Waals surface area contributed by atoms with Crippen LogP contribution in [0.2, 0.25) is 0 Å². The molecule has 29 heavy (non-hydrogen) atoms. The molecule has 2 aromatic carbocycles. The van der Waals surface area contributed by atoms with Crippen LogP contribution in [0.25, 0.3) is 11.4 Å². The van der Waals surface area contributed by atoms with Crippen molar-refractivity contribution < 1.29 is 18.8 Å². The molecule has 3 aromatic rings. The number of hydrogen-bond donors (Lipinski definition) is 0. The largest absolute Gasteiger partial charge is 0.497 e. The molecule has 1 amide bonds. The van der Waals surface area contributed by atoms with Crippen molar-refractivity contribution in [3.8, 4) is 22.9 Å². The van der Waals surface area contributed by atoms with Gasteiger partial charge in [-0.05, 0) is 51.1 Å². The molecule has 0 radical (unpaired) electrons. The Morgan fingerprint density at radius 2 is 1.86 bits per heavy atom. The van der Waals surface area contributed by atoms with Gasteiger partial charge in [-0.1, -0.05) is 28.9 Å². The van der Waals surface area contributed by atoms with Crippen molar-refractivity contribution in [1.82, 2.24) is 15.0 Å². The lowest BCUT2D eigenvalue weighted by Gasteiger charge is -2.25. The van der Waals surface area contributed by atoms with Crippen molar-refractivity contribution in [1.29, 1.82) is 0 Å². The van der Waals surface area contributed by atoms with Crippen LogP contribution < -0.4 is 9.47 Å². The van der Waals surface area contributed by atoms with Crippen LogP contribution in [0.5, 0.6) is 11.5 Å². The molecular formula is C22H25N3O4. The van der Waals surface area contributed by atoms with Crippen LogP contribution in [0.3, 0.4) is 0 Å². The summed E-state index contributed by atoms with van der Waals surface area (Å²) in [6.45, 7) is 6.02. The number of methoxy groups -OCH3 is 1. The lowest BCUT2D eigenvalue weighted by Crippen LogP contribution is -2.39. The molecular weight excluding hydrogens is 370 g/mol. The second-order valence-corrected chi connectivity index (χ2v) is 6.96. The van der Waals surface area contributed by atoms with Crippen LogP contribution in [0.15, 0.2) is 53.1 Å². The zero-order chi connectivity index (χ0) is 20.8. The van der Waals surface area contributed by atoms with Crippen molar-refractivity contribution >= 4 is 5.91 Å². The molecule has 0 aliphatic rings. The van der Waals surface area contributed by atoms with Crippen molar-refractivity contribution in [3.05, 3.63) is 60.0 Å². The first-order valence-corrected chi connectivity index (χ1v) is 9.42. The third-order valence-corrected chi connectivity index (χ3v) is 4.42. The predicted octanol–water partition coefficient (Wildman–Crippen LogP) is 3.87. The van der Waals surface area contributed by atoms with Crippen LogP contribution in [-0.2, 0) is 11.3 Å². The van der Waals surface area contributed by atoms with E-state index in [0.717, 1.165) is 16.9 Å². The minimum absolute atomic E-state index is 0.0451. The van der Waals surface area contributed by atoms with Gasteiger partial charge in [0.05, 0.1) is 7.11 Å². The van der Waals surface area contributed by atoms with Gasteiger partial charge in [0, 0.05) is 11.6 Å². The Balaban J connectivity index is 1.64. The molecule has 7 heteroatoms. The maximum atomic E-state index is 12.7. The first-order valence-electron chi connectivity index (χ1n) is 9.42. The summed E-state index contributed by atoms with van der Waals surface area (Å²) in [7, 11) is 1.60. The van der Waals surface area contributed by atoms with Crippen molar-refractivity contribution in [2.75, 3.05) is 13.7 Å². The van der Waals surface area contributed by atoms with Gasteiger partial charge in [0.1, 0.15) is 18.0 Å². The molecule has 152 valence electrons. The molecule has 0 spiro atoms. The van der Waals surface area contributed by atoms with E-state index in [0.29, 0.717) is 17.5 Å². The zero-order valence-corrected chi connectivity index (χ0v) is 17.1. The summed E-state index contributed by atoms with van der Waals surface area (Å²) in [5.74, 6) is 2.06. The van der Waals surface area contributed by atoms with Gasteiger partial charge in [0.2, 0.25) is 11.7 Å². The molecule has 0 aliphatic carbocycles. The second kappa shape index (κ2) is 9.23. The van der Waals surface area contributed by atoms with E-state index < -0.39 is 0 Å². The normalized spacial score (nSPS) is 10.8. The van der Waals surface area contributed by atoms with Crippen LogP contribution in [-0.4, -0.2) is 40.7 Å². The number of carbonyl (C=O) groups is 1. The number of carbonyl (C=O) groups excluding carboxylic acids is 1. The molecule has 0 bridgehead atoms. The van der Waals surface area contributed by atoms with Gasteiger partial charge in [0.25, 0.3) is 5.91 Å². The SMILES string of the molecule is COc1ccc(OCC(=O)N(Cc2nc(-c3cccc(C)c3)no2)C(C)C)cc1. The van der Waals surface area contributed by atoms with Gasteiger partial charge < -0.3 is 18.9 Å². The maximum absolute atomic E-state index is 12.7. The fourth-order valence-corrected chi connectivity index (χ4v) is 2.82. The molecule has 7 nitrogen and oxygen atoms in total. The third-order valence-electron chi connectivity index (χ3n) is 4.42. The molecule has 0 aliphatic heterocycles. The van der Waals surface area contributed by atoms with E-state index in [4.69, 9.17) is 14.0 Å². The summed E-state index contributed by atoms with van der Waals surface area (Å²) >= 11 is 0. The minimum atomic E-state index is -0.161. The summed E-state index contributed by atoms with van der Waals surface area (Å²) in [6.07, 6.45) is 0. The molecule has 1 aromatic heterocycles. The van der Waals surface area contributed by atoms with E-state index in [1.54, 1.807) is 36.3 Å². The number of amides is 1. The van der Waals surface area contributed by atoms with E-state index in [2.05, 4.69) is 10.1 Å². The standard InChI is InChI=1S/C22H25N3O4/c1-15(2)25(21(26)14-28-19-10-8-18(27-4)9-11-19)13-20-23-22(24-29-20)17-7-5-6-16(3)12-17/h5-12,15H,13-14H2,1-4H3. The van der Waals surface area contributed by atoms with E-state index in [-0.39, 0.29) is 25.1 Å². The summed E-state index contributed by atoms with van der Waals surface area (Å²) < 4.78 is 16.1. The Kier molecular flexibility index (Phi) is 6.49. The summed E-state index contributed by atoms with van der Waals surface area (Å²) in [6, 6.07) is 14.9. The molecule has 3 rings (SSSR count). The second-order valence-electron chi connectivity index (χ2n) is 6.96. The van der Waals surface area contributed by atoms with Gasteiger partial charge >= 0.3 is 0 Å². The zero-order valence-electron chi connectivity index (χ0n) is 17.1. The highest BCUT2D eigenvalue weighted by molar-refractivity contribution is 5.78. The topological polar surface area (TPSA) is 77.7 Å². The molecule has 1 heterocycles. The van der Waals surface area contributed by atoms with Crippen LogP contribution in [0, 0.1) is 6.92 Å². The quantitative estimate of drug-likeness (QED) is 0.576. The number of aryl methyl sites for hydroxylation is 1. The van der Waals surface area contributed by atoms with Crippen molar-refractivity contribution in [2.24, 2.45) is 0 Å². The van der Waals surface area contributed by atoms with Crippen LogP contribution >= 0.6 is 0 Å². The fourth-order valence-electron chi connectivity index (χ4n) is 2.82. The highest BCUT2D eigenvalue weighted by Crippen LogP contribution is 2.19. The smallest absolute Gasteiger partial charge is 0.261 e. The van der Waals surface area contributed by atoms with E-state index in [1.807, 2.05) is 45.0 Å². The molecule has 0 saturated carbocycles. The van der Waals surface area contributed by atoms with Gasteiger partial charge in [-0.2, -0.15) is 4.98 Å². The molecule has 0 saturated heterocycles. The van der Waals surface area contributed by atoms with Gasteiger partial charge in [-0.25, -0.2) is 0 Å².